The second-order valence-electron chi connectivity index (χ2n) is 3.99. The van der Waals surface area contributed by atoms with Gasteiger partial charge in [-0.15, -0.1) is 11.3 Å². The molecule has 3 N–H and O–H groups in total. The van der Waals surface area contributed by atoms with Gasteiger partial charge in [-0.05, 0) is 42.2 Å². The van der Waals surface area contributed by atoms with Crippen molar-refractivity contribution in [3.05, 3.63) is 21.9 Å². The Hall–Kier alpha value is -1.07. The van der Waals surface area contributed by atoms with E-state index in [4.69, 9.17) is 5.73 Å². The summed E-state index contributed by atoms with van der Waals surface area (Å²) in [4.78, 5) is 12.0. The highest BCUT2D eigenvalue weighted by Crippen LogP contribution is 2.50. The minimum atomic E-state index is -0.774. The quantitative estimate of drug-likeness (QED) is 0.611. The Bertz CT molecular complexity index is 377. The summed E-state index contributed by atoms with van der Waals surface area (Å²) in [5.74, 6) is 0.860. The summed E-state index contributed by atoms with van der Waals surface area (Å²) >= 11 is 1.74. The number of hydrogen-bond acceptors (Lipinski definition) is 3. The third kappa shape index (κ3) is 2.13. The number of primary amides is 1. The molecule has 1 aliphatic rings. The van der Waals surface area contributed by atoms with E-state index in [0.29, 0.717) is 23.4 Å². The second-order valence-corrected chi connectivity index (χ2v) is 4.94. The van der Waals surface area contributed by atoms with Crippen molar-refractivity contribution in [2.24, 2.45) is 11.7 Å². The van der Waals surface area contributed by atoms with E-state index in [1.807, 2.05) is 0 Å². The lowest BCUT2D eigenvalue weighted by atomic mass is 10.2. The van der Waals surface area contributed by atoms with E-state index in [-0.39, 0.29) is 0 Å². The molecule has 0 saturated heterocycles. The maximum atomic E-state index is 10.6. The van der Waals surface area contributed by atoms with Crippen LogP contribution in [0.5, 0.6) is 0 Å². The molecule has 4 nitrogen and oxygen atoms in total. The summed E-state index contributed by atoms with van der Waals surface area (Å²) in [6.45, 7) is 2.43. The van der Waals surface area contributed by atoms with E-state index in [1.165, 1.54) is 10.4 Å². The molecule has 0 bridgehead atoms. The number of rotatable bonds is 3. The number of nitrogens with two attached hydrogens (primary N) is 1. The molecule has 1 fully saturated rings. The van der Waals surface area contributed by atoms with Crippen molar-refractivity contribution in [1.29, 1.82) is 0 Å². The van der Waals surface area contributed by atoms with E-state index < -0.39 is 6.03 Å². The molecule has 82 valence electrons. The van der Waals surface area contributed by atoms with Crippen molar-refractivity contribution in [2.45, 2.75) is 19.3 Å². The number of urea groups is 1. The fourth-order valence-corrected chi connectivity index (χ4v) is 2.98. The number of thiophene rings is 1. The van der Waals surface area contributed by atoms with Crippen LogP contribution in [0.15, 0.2) is 11.4 Å². The first kappa shape index (κ1) is 10.4. The van der Waals surface area contributed by atoms with Crippen LogP contribution in [0.2, 0.25) is 0 Å². The van der Waals surface area contributed by atoms with E-state index in [0.717, 1.165) is 6.42 Å². The van der Waals surface area contributed by atoms with Gasteiger partial charge in [0.05, 0.1) is 6.54 Å². The van der Waals surface area contributed by atoms with Gasteiger partial charge in [-0.2, -0.15) is 0 Å². The zero-order chi connectivity index (χ0) is 11.0. The highest BCUT2D eigenvalue weighted by atomic mass is 32.1. The molecule has 1 heterocycles. The summed E-state index contributed by atoms with van der Waals surface area (Å²) in [5.41, 5.74) is 6.25. The standard InChI is InChI=1S/C10H14N2O2S/c1-6-2-3-15-9(6)8-4-7(8)5-12(14)10(11)13/h2-3,7-8,14H,4-5H2,1H3,(H2,11,13). The number of carbonyl (C=O) groups is 1. The summed E-state index contributed by atoms with van der Waals surface area (Å²) in [6.07, 6.45) is 1.03. The van der Waals surface area contributed by atoms with Crippen molar-refractivity contribution in [3.63, 3.8) is 0 Å². The maximum Gasteiger partial charge on any atom is 0.338 e. The number of hydroxylamine groups is 2. The molecular formula is C10H14N2O2S. The molecule has 15 heavy (non-hydrogen) atoms. The van der Waals surface area contributed by atoms with Gasteiger partial charge in [0.15, 0.2) is 0 Å². The number of amides is 2. The molecule has 2 amide bonds. The van der Waals surface area contributed by atoms with Gasteiger partial charge in [0.2, 0.25) is 0 Å². The third-order valence-electron chi connectivity index (χ3n) is 2.82. The van der Waals surface area contributed by atoms with E-state index >= 15 is 0 Å². The fraction of sp³-hybridized carbons (Fsp3) is 0.500. The van der Waals surface area contributed by atoms with Crippen molar-refractivity contribution in [3.8, 4) is 0 Å². The number of carbonyl (C=O) groups excluding carboxylic acids is 1. The molecular weight excluding hydrogens is 212 g/mol. The van der Waals surface area contributed by atoms with Gasteiger partial charge >= 0.3 is 6.03 Å². The maximum absolute atomic E-state index is 10.6. The minimum Gasteiger partial charge on any atom is -0.350 e. The van der Waals surface area contributed by atoms with Crippen LogP contribution >= 0.6 is 11.3 Å². The lowest BCUT2D eigenvalue weighted by Gasteiger charge is -2.10. The Kier molecular flexibility index (Phi) is 2.67. The molecule has 0 spiro atoms. The number of aryl methyl sites for hydroxylation is 1. The summed E-state index contributed by atoms with van der Waals surface area (Å²) < 4.78 is 0. The van der Waals surface area contributed by atoms with Crippen LogP contribution in [0, 0.1) is 12.8 Å². The van der Waals surface area contributed by atoms with E-state index in [2.05, 4.69) is 18.4 Å². The first-order valence-electron chi connectivity index (χ1n) is 4.89. The van der Waals surface area contributed by atoms with Gasteiger partial charge in [-0.25, -0.2) is 9.86 Å². The largest absolute Gasteiger partial charge is 0.350 e. The Labute approximate surface area is 92.3 Å². The molecule has 0 radical (unpaired) electrons. The molecule has 1 saturated carbocycles. The van der Waals surface area contributed by atoms with Crippen LogP contribution in [0.3, 0.4) is 0 Å². The normalized spacial score (nSPS) is 23.9. The second kappa shape index (κ2) is 3.83. The predicted molar refractivity (Wildman–Crippen MR) is 58.0 cm³/mol. The summed E-state index contributed by atoms with van der Waals surface area (Å²) in [5, 5.41) is 11.9. The van der Waals surface area contributed by atoms with Gasteiger partial charge in [0, 0.05) is 4.88 Å². The van der Waals surface area contributed by atoms with Crippen LogP contribution in [0.1, 0.15) is 22.8 Å². The Morgan fingerprint density at radius 2 is 2.53 bits per heavy atom. The van der Waals surface area contributed by atoms with E-state index in [1.54, 1.807) is 11.3 Å². The average Bonchev–Trinajstić information content (AvgIpc) is 2.79. The molecule has 2 rings (SSSR count). The molecule has 1 aromatic rings. The highest BCUT2D eigenvalue weighted by molar-refractivity contribution is 7.10. The molecule has 0 aliphatic heterocycles. The number of hydrogen-bond donors (Lipinski definition) is 2. The number of nitrogens with zero attached hydrogens (tertiary/aromatic N) is 1. The topological polar surface area (TPSA) is 66.6 Å². The zero-order valence-corrected chi connectivity index (χ0v) is 9.33. The lowest BCUT2D eigenvalue weighted by molar-refractivity contribution is -0.0431. The first-order chi connectivity index (χ1) is 7.09. The van der Waals surface area contributed by atoms with Gasteiger partial charge in [0.1, 0.15) is 0 Å². The molecule has 2 unspecified atom stereocenters. The summed E-state index contributed by atoms with van der Waals surface area (Å²) in [6, 6.07) is 1.32. The lowest BCUT2D eigenvalue weighted by Crippen LogP contribution is -2.34. The molecule has 0 aromatic carbocycles. The Balaban J connectivity index is 1.92. The molecule has 5 heteroatoms. The SMILES string of the molecule is Cc1ccsc1C1CC1CN(O)C(N)=O. The average molecular weight is 226 g/mol. The fourth-order valence-electron chi connectivity index (χ4n) is 1.85. The van der Waals surface area contributed by atoms with Crippen LogP contribution in [-0.4, -0.2) is 22.8 Å². The molecule has 1 aliphatic carbocycles. The van der Waals surface area contributed by atoms with Crippen LogP contribution < -0.4 is 5.73 Å². The van der Waals surface area contributed by atoms with E-state index in [9.17, 15) is 10.0 Å². The van der Waals surface area contributed by atoms with Crippen LogP contribution in [-0.2, 0) is 0 Å². The smallest absolute Gasteiger partial charge is 0.338 e. The third-order valence-corrected chi connectivity index (χ3v) is 3.97. The Morgan fingerprint density at radius 1 is 1.80 bits per heavy atom. The van der Waals surface area contributed by atoms with Crippen molar-refractivity contribution < 1.29 is 10.0 Å². The van der Waals surface area contributed by atoms with Crippen LogP contribution in [0.4, 0.5) is 4.79 Å². The minimum absolute atomic E-state index is 0.345. The zero-order valence-electron chi connectivity index (χ0n) is 8.51. The molecule has 1 aromatic heterocycles. The highest BCUT2D eigenvalue weighted by Gasteiger charge is 2.41. The van der Waals surface area contributed by atoms with Crippen molar-refractivity contribution in [2.75, 3.05) is 6.54 Å². The van der Waals surface area contributed by atoms with Gasteiger partial charge in [0.25, 0.3) is 0 Å². The van der Waals surface area contributed by atoms with Gasteiger partial charge in [-0.3, -0.25) is 5.21 Å². The Morgan fingerprint density at radius 3 is 3.07 bits per heavy atom. The summed E-state index contributed by atoms with van der Waals surface area (Å²) in [7, 11) is 0. The first-order valence-corrected chi connectivity index (χ1v) is 5.77. The van der Waals surface area contributed by atoms with Crippen molar-refractivity contribution >= 4 is 17.4 Å². The molecule has 2 atom stereocenters. The van der Waals surface area contributed by atoms with Crippen molar-refractivity contribution in [1.82, 2.24) is 5.06 Å². The van der Waals surface area contributed by atoms with Crippen LogP contribution in [0.25, 0.3) is 0 Å². The van der Waals surface area contributed by atoms with Gasteiger partial charge < -0.3 is 5.73 Å². The van der Waals surface area contributed by atoms with Gasteiger partial charge in [-0.1, -0.05) is 0 Å². The monoisotopic (exact) mass is 226 g/mol. The predicted octanol–water partition coefficient (Wildman–Crippen LogP) is 1.93.